The molecule has 1 aromatic heterocycles. The molecule has 0 atom stereocenters. The Morgan fingerprint density at radius 2 is 2.00 bits per heavy atom. The predicted octanol–water partition coefficient (Wildman–Crippen LogP) is 2.03. The summed E-state index contributed by atoms with van der Waals surface area (Å²) in [6.45, 7) is 0. The molecule has 0 amide bonds. The van der Waals surface area contributed by atoms with Crippen LogP contribution in [0.2, 0.25) is 0 Å². The van der Waals surface area contributed by atoms with Crippen molar-refractivity contribution in [1.82, 2.24) is 9.55 Å². The second-order valence-electron chi connectivity index (χ2n) is 2.93. The minimum atomic E-state index is -0.388. The van der Waals surface area contributed by atoms with Crippen LogP contribution in [0.1, 0.15) is 0 Å². The highest BCUT2D eigenvalue weighted by Crippen LogP contribution is 2.11. The van der Waals surface area contributed by atoms with Crippen molar-refractivity contribution in [2.24, 2.45) is 0 Å². The maximum absolute atomic E-state index is 13.4. The zero-order chi connectivity index (χ0) is 10.8. The molecule has 1 N–H and O–H groups in total. The quantitative estimate of drug-likeness (QED) is 0.750. The summed E-state index contributed by atoms with van der Waals surface area (Å²) in [6, 6.07) is 7.51. The Labute approximate surface area is 89.8 Å². The number of aromatic amines is 1. The first-order chi connectivity index (χ1) is 7.18. The summed E-state index contributed by atoms with van der Waals surface area (Å²) in [5.41, 5.74) is 0.0198. The third-order valence-corrected chi connectivity index (χ3v) is 2.23. The first kappa shape index (κ1) is 9.79. The maximum atomic E-state index is 13.4. The van der Waals surface area contributed by atoms with Gasteiger partial charge in [0.2, 0.25) is 0 Å². The first-order valence-corrected chi connectivity index (χ1v) is 4.66. The molecule has 76 valence electrons. The molecule has 0 bridgehead atoms. The molecule has 1 heterocycles. The van der Waals surface area contributed by atoms with Crippen molar-refractivity contribution < 1.29 is 4.39 Å². The van der Waals surface area contributed by atoms with Gasteiger partial charge in [0, 0.05) is 12.3 Å². The molecule has 0 saturated heterocycles. The van der Waals surface area contributed by atoms with Gasteiger partial charge in [-0.1, -0.05) is 12.1 Å². The normalized spacial score (nSPS) is 10.2. The number of hydrogen-bond acceptors (Lipinski definition) is 2. The van der Waals surface area contributed by atoms with E-state index in [1.54, 1.807) is 18.2 Å². The Hall–Kier alpha value is -1.75. The van der Waals surface area contributed by atoms with Crippen LogP contribution in [-0.2, 0) is 0 Å². The van der Waals surface area contributed by atoms with Crippen LogP contribution in [0.25, 0.3) is 5.69 Å². The minimum Gasteiger partial charge on any atom is -0.299 e. The molecule has 0 aliphatic heterocycles. The van der Waals surface area contributed by atoms with Crippen LogP contribution in [-0.4, -0.2) is 9.55 Å². The monoisotopic (exact) mass is 222 g/mol. The zero-order valence-electron chi connectivity index (χ0n) is 7.61. The Morgan fingerprint density at radius 3 is 2.67 bits per heavy atom. The van der Waals surface area contributed by atoms with E-state index in [2.05, 4.69) is 4.98 Å². The summed E-state index contributed by atoms with van der Waals surface area (Å²) in [5, 5.41) is 0. The van der Waals surface area contributed by atoms with Crippen LogP contribution in [0.4, 0.5) is 4.39 Å². The first-order valence-electron chi connectivity index (χ1n) is 4.25. The second-order valence-corrected chi connectivity index (χ2v) is 3.32. The molecule has 1 aromatic carbocycles. The van der Waals surface area contributed by atoms with Crippen molar-refractivity contribution in [3.05, 3.63) is 57.5 Å². The molecule has 2 rings (SSSR count). The zero-order valence-corrected chi connectivity index (χ0v) is 8.42. The van der Waals surface area contributed by atoms with Crippen molar-refractivity contribution in [2.45, 2.75) is 0 Å². The van der Waals surface area contributed by atoms with E-state index in [0.29, 0.717) is 5.69 Å². The fourth-order valence-electron chi connectivity index (χ4n) is 1.25. The van der Waals surface area contributed by atoms with E-state index < -0.39 is 0 Å². The molecular weight excluding hydrogens is 215 g/mol. The lowest BCUT2D eigenvalue weighted by Crippen LogP contribution is -2.10. The number of nitrogens with zero attached hydrogens (tertiary/aromatic N) is 1. The van der Waals surface area contributed by atoms with Crippen molar-refractivity contribution in [1.29, 1.82) is 0 Å². The Bertz CT molecular complexity index is 603. The Kier molecular flexibility index (Phi) is 2.47. The molecule has 0 fully saturated rings. The van der Waals surface area contributed by atoms with Crippen LogP contribution < -0.4 is 5.56 Å². The van der Waals surface area contributed by atoms with E-state index >= 15 is 0 Å². The smallest absolute Gasteiger partial charge is 0.251 e. The van der Waals surface area contributed by atoms with Gasteiger partial charge >= 0.3 is 0 Å². The third-order valence-electron chi connectivity index (χ3n) is 1.94. The highest BCUT2D eigenvalue weighted by atomic mass is 32.1. The average molecular weight is 222 g/mol. The highest BCUT2D eigenvalue weighted by molar-refractivity contribution is 7.71. The topological polar surface area (TPSA) is 37.8 Å². The molecule has 2 aromatic rings. The lowest BCUT2D eigenvalue weighted by Gasteiger charge is -2.06. The third kappa shape index (κ3) is 1.87. The summed E-state index contributed by atoms with van der Waals surface area (Å²) in [7, 11) is 0. The lowest BCUT2D eigenvalue weighted by atomic mass is 10.3. The van der Waals surface area contributed by atoms with E-state index in [1.807, 2.05) is 0 Å². The molecule has 0 spiro atoms. The number of rotatable bonds is 1. The molecule has 0 radical (unpaired) electrons. The van der Waals surface area contributed by atoms with Crippen molar-refractivity contribution in [2.75, 3.05) is 0 Å². The summed E-state index contributed by atoms with van der Waals surface area (Å²) in [6.07, 6.45) is 1.44. The van der Waals surface area contributed by atoms with Crippen LogP contribution in [0.15, 0.2) is 41.3 Å². The second kappa shape index (κ2) is 3.78. The molecule has 0 saturated carbocycles. The number of benzene rings is 1. The van der Waals surface area contributed by atoms with Crippen molar-refractivity contribution in [3.8, 4) is 5.69 Å². The van der Waals surface area contributed by atoms with Gasteiger partial charge in [0.05, 0.1) is 5.69 Å². The Morgan fingerprint density at radius 1 is 1.27 bits per heavy atom. The van der Waals surface area contributed by atoms with Gasteiger partial charge in [0.1, 0.15) is 5.82 Å². The largest absolute Gasteiger partial charge is 0.299 e. The number of hydrogen-bond donors (Lipinski definition) is 1. The van der Waals surface area contributed by atoms with Gasteiger partial charge in [-0.05, 0) is 24.4 Å². The summed E-state index contributed by atoms with van der Waals surface area (Å²) in [4.78, 5) is 13.3. The molecular formula is C10H7FN2OS. The van der Waals surface area contributed by atoms with Gasteiger partial charge in [0.25, 0.3) is 5.56 Å². The molecule has 15 heavy (non-hydrogen) atoms. The number of nitrogens with one attached hydrogen (secondary N) is 1. The fourth-order valence-corrected chi connectivity index (χ4v) is 1.51. The summed E-state index contributed by atoms with van der Waals surface area (Å²) >= 11 is 4.92. The van der Waals surface area contributed by atoms with Crippen molar-refractivity contribution in [3.63, 3.8) is 0 Å². The lowest BCUT2D eigenvalue weighted by molar-refractivity contribution is 0.616. The standard InChI is InChI=1S/C10H7FN2OS/c11-7-3-1-2-4-8(7)13-6-5-9(14)12-10(13)15/h1-6H,(H,12,14,15). The van der Waals surface area contributed by atoms with E-state index in [0.717, 1.165) is 0 Å². The van der Waals surface area contributed by atoms with E-state index in [1.165, 1.54) is 22.9 Å². The van der Waals surface area contributed by atoms with Gasteiger partial charge in [-0.25, -0.2) is 4.39 Å². The van der Waals surface area contributed by atoms with Crippen LogP contribution in [0, 0.1) is 10.6 Å². The molecule has 0 unspecified atom stereocenters. The number of H-pyrrole nitrogens is 1. The molecule has 0 aliphatic rings. The maximum Gasteiger partial charge on any atom is 0.251 e. The van der Waals surface area contributed by atoms with Crippen LogP contribution in [0.5, 0.6) is 0 Å². The van der Waals surface area contributed by atoms with Gasteiger partial charge in [-0.3, -0.25) is 14.3 Å². The average Bonchev–Trinajstić information content (AvgIpc) is 2.20. The number of aromatic nitrogens is 2. The van der Waals surface area contributed by atoms with Crippen molar-refractivity contribution >= 4 is 12.2 Å². The minimum absolute atomic E-state index is 0.174. The predicted molar refractivity (Wildman–Crippen MR) is 57.2 cm³/mol. The molecule has 3 nitrogen and oxygen atoms in total. The fraction of sp³-hybridized carbons (Fsp3) is 0. The Balaban J connectivity index is 2.70. The van der Waals surface area contributed by atoms with Crippen LogP contribution in [0.3, 0.4) is 0 Å². The van der Waals surface area contributed by atoms with Crippen LogP contribution >= 0.6 is 12.2 Å². The molecule has 5 heteroatoms. The van der Waals surface area contributed by atoms with E-state index in [-0.39, 0.29) is 16.1 Å². The van der Waals surface area contributed by atoms with E-state index in [4.69, 9.17) is 12.2 Å². The number of para-hydroxylation sites is 1. The SMILES string of the molecule is O=c1ccn(-c2ccccc2F)c(=S)[nH]1. The van der Waals surface area contributed by atoms with Gasteiger partial charge in [-0.2, -0.15) is 0 Å². The summed E-state index contributed by atoms with van der Waals surface area (Å²) < 4.78 is 15.0. The van der Waals surface area contributed by atoms with Gasteiger partial charge in [0.15, 0.2) is 4.77 Å². The van der Waals surface area contributed by atoms with E-state index in [9.17, 15) is 9.18 Å². The summed E-state index contributed by atoms with van der Waals surface area (Å²) in [5.74, 6) is -0.388. The van der Waals surface area contributed by atoms with Gasteiger partial charge in [-0.15, -0.1) is 0 Å². The molecule has 0 aliphatic carbocycles. The number of halogens is 1. The highest BCUT2D eigenvalue weighted by Gasteiger charge is 2.02. The van der Waals surface area contributed by atoms with Gasteiger partial charge < -0.3 is 0 Å².